The van der Waals surface area contributed by atoms with E-state index >= 15 is 0 Å². The average molecular weight is 378 g/mol. The van der Waals surface area contributed by atoms with Crippen LogP contribution in [0.5, 0.6) is 0 Å². The van der Waals surface area contributed by atoms with Crippen molar-refractivity contribution in [2.24, 2.45) is 0 Å². The summed E-state index contributed by atoms with van der Waals surface area (Å²) in [6.45, 7) is 4.33. The third-order valence-electron chi connectivity index (χ3n) is 4.60. The smallest absolute Gasteiger partial charge is 0.322 e. The van der Waals surface area contributed by atoms with E-state index in [2.05, 4.69) is 15.2 Å². The summed E-state index contributed by atoms with van der Waals surface area (Å²) in [4.78, 5) is 14.6. The number of nitrogens with one attached hydrogen (secondary N) is 2. The summed E-state index contributed by atoms with van der Waals surface area (Å²) in [5.74, 6) is 0.717. The van der Waals surface area contributed by atoms with Crippen LogP contribution >= 0.6 is 0 Å². The summed E-state index contributed by atoms with van der Waals surface area (Å²) >= 11 is 0. The molecule has 2 amide bonds. The molecular weight excluding hydrogens is 356 g/mol. The minimum Gasteiger partial charge on any atom is -0.361 e. The highest BCUT2D eigenvalue weighted by Crippen LogP contribution is 2.35. The Labute approximate surface area is 152 Å². The van der Waals surface area contributed by atoms with Gasteiger partial charge in [-0.05, 0) is 51.9 Å². The lowest BCUT2D eigenvalue weighted by molar-refractivity contribution is 0.206. The maximum absolute atomic E-state index is 12.8. The zero-order valence-electron chi connectivity index (χ0n) is 14.9. The second-order valence-electron chi connectivity index (χ2n) is 6.25. The van der Waals surface area contributed by atoms with Crippen molar-refractivity contribution >= 4 is 21.7 Å². The zero-order chi connectivity index (χ0) is 18.9. The number of anilines is 1. The molecule has 2 N–H and O–H groups in total. The van der Waals surface area contributed by atoms with E-state index in [1.165, 1.54) is 19.2 Å². The first-order valence-electron chi connectivity index (χ1n) is 8.37. The number of likely N-dealkylation sites (tertiary alicyclic amines) is 1. The van der Waals surface area contributed by atoms with Crippen molar-refractivity contribution in [1.29, 1.82) is 0 Å². The van der Waals surface area contributed by atoms with Gasteiger partial charge in [-0.15, -0.1) is 0 Å². The highest BCUT2D eigenvalue weighted by Gasteiger charge is 2.34. The molecule has 2 heterocycles. The first-order chi connectivity index (χ1) is 12.3. The lowest BCUT2D eigenvalue weighted by Gasteiger charge is -2.25. The lowest BCUT2D eigenvalue weighted by Crippen LogP contribution is -2.34. The molecule has 1 atom stereocenters. The van der Waals surface area contributed by atoms with Crippen LogP contribution in [0.3, 0.4) is 0 Å². The van der Waals surface area contributed by atoms with E-state index in [0.29, 0.717) is 18.0 Å². The molecule has 1 aliphatic heterocycles. The summed E-state index contributed by atoms with van der Waals surface area (Å²) in [6.07, 6.45) is 1.72. The van der Waals surface area contributed by atoms with Crippen molar-refractivity contribution in [1.82, 2.24) is 14.8 Å². The predicted molar refractivity (Wildman–Crippen MR) is 96.4 cm³/mol. The number of urea groups is 1. The van der Waals surface area contributed by atoms with Gasteiger partial charge in [-0.3, -0.25) is 0 Å². The Morgan fingerprint density at radius 2 is 2.12 bits per heavy atom. The number of aromatic nitrogens is 1. The fraction of sp³-hybridized carbons (Fsp3) is 0.412. The highest BCUT2D eigenvalue weighted by molar-refractivity contribution is 7.89. The fourth-order valence-electron chi connectivity index (χ4n) is 3.33. The normalized spacial score (nSPS) is 17.5. The van der Waals surface area contributed by atoms with Crippen LogP contribution in [0.2, 0.25) is 0 Å². The van der Waals surface area contributed by atoms with Crippen molar-refractivity contribution in [3.8, 4) is 0 Å². The monoisotopic (exact) mass is 378 g/mol. The highest BCUT2D eigenvalue weighted by atomic mass is 32.2. The molecule has 0 unspecified atom stereocenters. The van der Waals surface area contributed by atoms with Crippen molar-refractivity contribution in [2.45, 2.75) is 37.6 Å². The third kappa shape index (κ3) is 3.45. The minimum absolute atomic E-state index is 0.0922. The summed E-state index contributed by atoms with van der Waals surface area (Å²) in [6, 6.07) is 5.80. The van der Waals surface area contributed by atoms with Crippen molar-refractivity contribution in [3.63, 3.8) is 0 Å². The number of hydrogen-bond donors (Lipinski definition) is 2. The Kier molecular flexibility index (Phi) is 5.01. The molecule has 0 spiro atoms. The first-order valence-corrected chi connectivity index (χ1v) is 9.86. The minimum atomic E-state index is -3.57. The van der Waals surface area contributed by atoms with Crippen LogP contribution in [0.1, 0.15) is 35.9 Å². The van der Waals surface area contributed by atoms with Crippen molar-refractivity contribution in [2.75, 3.05) is 18.9 Å². The van der Waals surface area contributed by atoms with Crippen LogP contribution in [0.25, 0.3) is 0 Å². The van der Waals surface area contributed by atoms with Crippen LogP contribution in [0.4, 0.5) is 10.5 Å². The Hall–Kier alpha value is -2.39. The van der Waals surface area contributed by atoms with Gasteiger partial charge in [-0.1, -0.05) is 11.2 Å². The van der Waals surface area contributed by atoms with Gasteiger partial charge < -0.3 is 14.7 Å². The molecule has 8 nitrogen and oxygen atoms in total. The topological polar surface area (TPSA) is 105 Å². The largest absolute Gasteiger partial charge is 0.361 e. The molecular formula is C17H22N4O4S. The fourth-order valence-corrected chi connectivity index (χ4v) is 4.11. The SMILES string of the molecule is CNS(=O)(=O)c1cccc(NC(=O)N2CCC[C@@H]2c2c(C)noc2C)c1. The predicted octanol–water partition coefficient (Wildman–Crippen LogP) is 2.57. The Bertz CT molecular complexity index is 903. The second kappa shape index (κ2) is 7.08. The summed E-state index contributed by atoms with van der Waals surface area (Å²) in [5.41, 5.74) is 2.16. The number of carbonyl (C=O) groups is 1. The molecule has 0 saturated carbocycles. The van der Waals surface area contributed by atoms with Crippen molar-refractivity contribution in [3.05, 3.63) is 41.3 Å². The summed E-state index contributed by atoms with van der Waals surface area (Å²) in [5, 5.41) is 6.77. The van der Waals surface area contributed by atoms with Gasteiger partial charge in [0.2, 0.25) is 10.0 Å². The van der Waals surface area contributed by atoms with Gasteiger partial charge >= 0.3 is 6.03 Å². The lowest BCUT2D eigenvalue weighted by atomic mass is 10.0. The number of carbonyl (C=O) groups excluding carboxylic acids is 1. The Morgan fingerprint density at radius 3 is 2.77 bits per heavy atom. The van der Waals surface area contributed by atoms with Gasteiger partial charge in [-0.25, -0.2) is 17.9 Å². The second-order valence-corrected chi connectivity index (χ2v) is 8.14. The zero-order valence-corrected chi connectivity index (χ0v) is 15.8. The van der Waals surface area contributed by atoms with Gasteiger partial charge in [0, 0.05) is 17.8 Å². The number of aryl methyl sites for hydroxylation is 2. The maximum atomic E-state index is 12.8. The van der Waals surface area contributed by atoms with E-state index in [4.69, 9.17) is 4.52 Å². The van der Waals surface area contributed by atoms with Gasteiger partial charge in [-0.2, -0.15) is 0 Å². The molecule has 1 fully saturated rings. The quantitative estimate of drug-likeness (QED) is 0.851. The van der Waals surface area contributed by atoms with Gasteiger partial charge in [0.15, 0.2) is 0 Å². The number of sulfonamides is 1. The van der Waals surface area contributed by atoms with Crippen LogP contribution in [0, 0.1) is 13.8 Å². The molecule has 1 aromatic carbocycles. The molecule has 3 rings (SSSR count). The number of hydrogen-bond acceptors (Lipinski definition) is 5. The van der Waals surface area contributed by atoms with E-state index in [0.717, 1.165) is 24.1 Å². The van der Waals surface area contributed by atoms with Crippen LogP contribution in [-0.4, -0.2) is 38.1 Å². The van der Waals surface area contributed by atoms with Crippen LogP contribution in [-0.2, 0) is 10.0 Å². The molecule has 26 heavy (non-hydrogen) atoms. The number of amides is 2. The average Bonchev–Trinajstić information content (AvgIpc) is 3.21. The third-order valence-corrected chi connectivity index (χ3v) is 6.01. The van der Waals surface area contributed by atoms with E-state index in [9.17, 15) is 13.2 Å². The first kappa shape index (κ1) is 18.4. The molecule has 2 aromatic rings. The van der Waals surface area contributed by atoms with E-state index in [1.54, 1.807) is 17.0 Å². The number of rotatable bonds is 4. The molecule has 0 radical (unpaired) electrons. The van der Waals surface area contributed by atoms with E-state index in [1.807, 2.05) is 13.8 Å². The number of benzene rings is 1. The summed E-state index contributed by atoms with van der Waals surface area (Å²) < 4.78 is 31.4. The van der Waals surface area contributed by atoms with E-state index in [-0.39, 0.29) is 17.0 Å². The van der Waals surface area contributed by atoms with Gasteiger partial charge in [0.05, 0.1) is 16.6 Å². The van der Waals surface area contributed by atoms with Gasteiger partial charge in [0.1, 0.15) is 5.76 Å². The molecule has 9 heteroatoms. The molecule has 0 bridgehead atoms. The molecule has 1 aromatic heterocycles. The van der Waals surface area contributed by atoms with Crippen molar-refractivity contribution < 1.29 is 17.7 Å². The molecule has 1 saturated heterocycles. The number of nitrogens with zero attached hydrogens (tertiary/aromatic N) is 2. The Balaban J connectivity index is 1.81. The Morgan fingerprint density at radius 1 is 1.35 bits per heavy atom. The standard InChI is InChI=1S/C17H22N4O4S/c1-11-16(12(2)25-20-11)15-8-5-9-21(15)17(22)19-13-6-4-7-14(10-13)26(23,24)18-3/h4,6-7,10,15,18H,5,8-9H2,1-3H3,(H,19,22)/t15-/m1/s1. The molecule has 1 aliphatic rings. The molecule has 140 valence electrons. The van der Waals surface area contributed by atoms with Gasteiger partial charge in [0.25, 0.3) is 0 Å². The summed E-state index contributed by atoms with van der Waals surface area (Å²) in [7, 11) is -2.22. The van der Waals surface area contributed by atoms with Crippen LogP contribution < -0.4 is 10.0 Å². The van der Waals surface area contributed by atoms with E-state index < -0.39 is 10.0 Å². The molecule has 0 aliphatic carbocycles. The maximum Gasteiger partial charge on any atom is 0.322 e. The van der Waals surface area contributed by atoms with Crippen LogP contribution in [0.15, 0.2) is 33.7 Å².